The van der Waals surface area contributed by atoms with E-state index in [1.807, 2.05) is 91.0 Å². The molecule has 0 fully saturated rings. The van der Waals surface area contributed by atoms with E-state index in [1.54, 1.807) is 0 Å². The van der Waals surface area contributed by atoms with Crippen LogP contribution in [0.25, 0.3) is 98.8 Å². The van der Waals surface area contributed by atoms with Crippen molar-refractivity contribution >= 4 is 54.3 Å². The fraction of sp³-hybridized carbons (Fsp3) is 0. The molecule has 0 atom stereocenters. The molecule has 228 valence electrons. The Morgan fingerprint density at radius 3 is 1.73 bits per heavy atom. The molecule has 0 aliphatic rings. The molecule has 1 heterocycles. The Hall–Kier alpha value is -6.44. The number of fused-ring (bicyclic) bond motifs is 6. The maximum Gasteiger partial charge on any atom is 0.136 e. The minimum Gasteiger partial charge on any atom is -0.456 e. The zero-order chi connectivity index (χ0) is 35.8. The molecule has 49 heavy (non-hydrogen) atoms. The minimum atomic E-state index is -0.214. The predicted octanol–water partition coefficient (Wildman–Crippen LogP) is 13.7. The van der Waals surface area contributed by atoms with E-state index in [4.69, 9.17) is 7.16 Å². The summed E-state index contributed by atoms with van der Waals surface area (Å²) in [6, 6.07) is 52.7. The molecule has 10 aromatic rings. The van der Waals surface area contributed by atoms with Crippen LogP contribution >= 0.6 is 0 Å². The highest BCUT2D eigenvalue weighted by molar-refractivity contribution is 6.21. The molecule has 0 unspecified atom stereocenters. The Morgan fingerprint density at radius 2 is 0.980 bits per heavy atom. The Kier molecular flexibility index (Phi) is 5.38. The average molecular weight is 627 g/mol. The van der Waals surface area contributed by atoms with Gasteiger partial charge in [-0.1, -0.05) is 158 Å². The van der Waals surface area contributed by atoms with Crippen LogP contribution in [0.3, 0.4) is 0 Å². The minimum absolute atomic E-state index is 0.0469. The van der Waals surface area contributed by atoms with E-state index in [9.17, 15) is 2.74 Å². The summed E-state index contributed by atoms with van der Waals surface area (Å²) in [5.41, 5.74) is 7.71. The van der Waals surface area contributed by atoms with E-state index in [2.05, 4.69) is 66.7 Å². The molecule has 0 aliphatic carbocycles. The molecule has 0 radical (unpaired) electrons. The van der Waals surface area contributed by atoms with Crippen molar-refractivity contribution in [2.75, 3.05) is 0 Å². The molecule has 1 aromatic heterocycles. The molecular formula is C48H30O. The zero-order valence-corrected chi connectivity index (χ0v) is 26.4. The average Bonchev–Trinajstić information content (AvgIpc) is 3.58. The van der Waals surface area contributed by atoms with Crippen LogP contribution in [0.2, 0.25) is 0 Å². The van der Waals surface area contributed by atoms with Gasteiger partial charge in [-0.25, -0.2) is 0 Å². The number of furan rings is 1. The van der Waals surface area contributed by atoms with Crippen molar-refractivity contribution in [3.63, 3.8) is 0 Å². The molecule has 0 saturated heterocycles. The smallest absolute Gasteiger partial charge is 0.136 e. The van der Waals surface area contributed by atoms with Crippen LogP contribution in [0.5, 0.6) is 0 Å². The molecule has 0 saturated carbocycles. The fourth-order valence-electron chi connectivity index (χ4n) is 7.59. The first-order valence-electron chi connectivity index (χ1n) is 18.5. The SMILES string of the molecule is [2H]c1c([2H])c(-c2ccc3c(c2)oc2cccc(-c4cccc5ccccc45)c23)c([2H])c(-c2c3ccccc3c(-c3ccccc3)c3ccccc23)c1[2H]. The van der Waals surface area contributed by atoms with Crippen LogP contribution in [0.4, 0.5) is 0 Å². The third kappa shape index (κ3) is 4.40. The zero-order valence-electron chi connectivity index (χ0n) is 30.4. The summed E-state index contributed by atoms with van der Waals surface area (Å²) < 4.78 is 43.7. The summed E-state index contributed by atoms with van der Waals surface area (Å²) in [4.78, 5) is 0. The second-order valence-corrected chi connectivity index (χ2v) is 12.5. The molecular weight excluding hydrogens is 593 g/mol. The van der Waals surface area contributed by atoms with Gasteiger partial charge in [0.25, 0.3) is 0 Å². The van der Waals surface area contributed by atoms with Gasteiger partial charge in [-0.2, -0.15) is 0 Å². The van der Waals surface area contributed by atoms with Crippen molar-refractivity contribution in [2.24, 2.45) is 0 Å². The van der Waals surface area contributed by atoms with Crippen LogP contribution in [0, 0.1) is 0 Å². The topological polar surface area (TPSA) is 13.1 Å². The van der Waals surface area contributed by atoms with Gasteiger partial charge in [-0.15, -0.1) is 0 Å². The molecule has 0 bridgehead atoms. The van der Waals surface area contributed by atoms with Gasteiger partial charge in [0.2, 0.25) is 0 Å². The van der Waals surface area contributed by atoms with Gasteiger partial charge in [0.15, 0.2) is 0 Å². The van der Waals surface area contributed by atoms with E-state index in [-0.39, 0.29) is 24.2 Å². The van der Waals surface area contributed by atoms with Gasteiger partial charge in [-0.05, 0) is 101 Å². The van der Waals surface area contributed by atoms with E-state index >= 15 is 0 Å². The summed E-state index contributed by atoms with van der Waals surface area (Å²) in [5, 5.41) is 8.05. The molecule has 1 nitrogen and oxygen atoms in total. The number of hydrogen-bond donors (Lipinski definition) is 0. The highest BCUT2D eigenvalue weighted by Crippen LogP contribution is 2.45. The Labute approximate surface area is 289 Å². The first-order chi connectivity index (χ1) is 26.0. The molecule has 1 heteroatoms. The van der Waals surface area contributed by atoms with E-state index < -0.39 is 0 Å². The van der Waals surface area contributed by atoms with Gasteiger partial charge in [0.05, 0.1) is 5.48 Å². The van der Waals surface area contributed by atoms with Crippen molar-refractivity contribution in [3.05, 3.63) is 182 Å². The van der Waals surface area contributed by atoms with E-state index in [1.165, 1.54) is 0 Å². The van der Waals surface area contributed by atoms with Gasteiger partial charge in [-0.3, -0.25) is 0 Å². The van der Waals surface area contributed by atoms with Crippen molar-refractivity contribution in [1.29, 1.82) is 0 Å². The molecule has 0 N–H and O–H groups in total. The van der Waals surface area contributed by atoms with E-state index in [0.29, 0.717) is 22.3 Å². The first kappa shape index (κ1) is 23.8. The lowest BCUT2D eigenvalue weighted by Crippen LogP contribution is -1.91. The Balaban J connectivity index is 1.22. The van der Waals surface area contributed by atoms with Gasteiger partial charge in [0.1, 0.15) is 11.2 Å². The van der Waals surface area contributed by atoms with E-state index in [0.717, 1.165) is 76.5 Å². The summed E-state index contributed by atoms with van der Waals surface area (Å²) in [6.45, 7) is 0. The fourth-order valence-corrected chi connectivity index (χ4v) is 7.59. The quantitative estimate of drug-likeness (QED) is 0.177. The molecule has 0 amide bonds. The van der Waals surface area contributed by atoms with Gasteiger partial charge in [0, 0.05) is 10.8 Å². The standard InChI is InChI=1S/C48H30O/c1-2-14-32(15-3-1)46-39-20-6-8-22-41(39)47(42-23-9-7-21-40(42)46)35-18-10-17-33(29-35)34-27-28-43-45(30-34)49-44-26-12-25-38(48(43)44)37-24-11-16-31-13-4-5-19-36(31)37/h1-30H/i10D,17D,18D,29D. The maximum atomic E-state index is 9.75. The lowest BCUT2D eigenvalue weighted by molar-refractivity contribution is 0.669. The third-order valence-electron chi connectivity index (χ3n) is 9.73. The van der Waals surface area contributed by atoms with Crippen LogP contribution in [-0.4, -0.2) is 0 Å². The summed E-state index contributed by atoms with van der Waals surface area (Å²) in [5.74, 6) is 0. The lowest BCUT2D eigenvalue weighted by atomic mass is 9.85. The lowest BCUT2D eigenvalue weighted by Gasteiger charge is -2.18. The number of rotatable bonds is 4. The largest absolute Gasteiger partial charge is 0.456 e. The monoisotopic (exact) mass is 626 g/mol. The van der Waals surface area contributed by atoms with Crippen molar-refractivity contribution in [3.8, 4) is 44.5 Å². The van der Waals surface area contributed by atoms with Crippen LogP contribution in [0.1, 0.15) is 5.48 Å². The maximum absolute atomic E-state index is 9.75. The van der Waals surface area contributed by atoms with Crippen LogP contribution in [0.15, 0.2) is 186 Å². The van der Waals surface area contributed by atoms with Gasteiger partial charge < -0.3 is 4.42 Å². The van der Waals surface area contributed by atoms with Crippen molar-refractivity contribution in [2.45, 2.75) is 0 Å². The normalized spacial score (nSPS) is 12.8. The number of hydrogen-bond acceptors (Lipinski definition) is 1. The molecule has 0 spiro atoms. The second kappa shape index (κ2) is 11.1. The first-order valence-corrected chi connectivity index (χ1v) is 16.5. The highest BCUT2D eigenvalue weighted by Gasteiger charge is 2.18. The molecule has 0 aliphatic heterocycles. The summed E-state index contributed by atoms with van der Waals surface area (Å²) in [6.07, 6.45) is 0. The summed E-state index contributed by atoms with van der Waals surface area (Å²) >= 11 is 0. The second-order valence-electron chi connectivity index (χ2n) is 12.5. The molecule has 9 aromatic carbocycles. The highest BCUT2D eigenvalue weighted by atomic mass is 16.3. The molecule has 10 rings (SSSR count). The predicted molar refractivity (Wildman–Crippen MR) is 208 cm³/mol. The number of benzene rings is 9. The van der Waals surface area contributed by atoms with Crippen molar-refractivity contribution < 1.29 is 9.90 Å². The third-order valence-corrected chi connectivity index (χ3v) is 9.73. The van der Waals surface area contributed by atoms with Crippen molar-refractivity contribution in [1.82, 2.24) is 0 Å². The Bertz CT molecular complexity index is 3040. The Morgan fingerprint density at radius 1 is 0.388 bits per heavy atom. The van der Waals surface area contributed by atoms with Gasteiger partial charge >= 0.3 is 0 Å². The summed E-state index contributed by atoms with van der Waals surface area (Å²) in [7, 11) is 0. The van der Waals surface area contributed by atoms with Crippen LogP contribution < -0.4 is 0 Å². The van der Waals surface area contributed by atoms with Crippen LogP contribution in [-0.2, 0) is 0 Å².